The molecule has 4 nitrogen and oxygen atoms in total. The molecule has 22 heavy (non-hydrogen) atoms. The minimum atomic E-state index is -4.48. The zero-order chi connectivity index (χ0) is 16.5. The van der Waals surface area contributed by atoms with Crippen molar-refractivity contribution in [1.29, 1.82) is 16.1 Å². The molecule has 0 fully saturated rings. The van der Waals surface area contributed by atoms with Crippen molar-refractivity contribution in [2.24, 2.45) is 0 Å². The van der Waals surface area contributed by atoms with Gasteiger partial charge in [0.2, 0.25) is 0 Å². The van der Waals surface area contributed by atoms with Crippen molar-refractivity contribution >= 4 is 34.4 Å². The fraction of sp³-hybridized carbons (Fsp3) is 0.0769. The molecular weight excluding hydrogens is 337 g/mol. The van der Waals surface area contributed by atoms with Crippen LogP contribution in [0.4, 0.5) is 13.2 Å². The summed E-state index contributed by atoms with van der Waals surface area (Å²) in [4.78, 5) is 3.97. The first-order valence-electron chi connectivity index (χ1n) is 5.66. The Morgan fingerprint density at radius 1 is 1.32 bits per heavy atom. The molecule has 2 rings (SSSR count). The molecule has 0 spiro atoms. The number of halogens is 4. The fourth-order valence-corrected chi connectivity index (χ4v) is 2.73. The quantitative estimate of drug-likeness (QED) is 0.810. The van der Waals surface area contributed by atoms with Crippen LogP contribution in [0.3, 0.4) is 0 Å². The van der Waals surface area contributed by atoms with Gasteiger partial charge in [-0.05, 0) is 12.1 Å². The Kier molecular flexibility index (Phi) is 4.30. The first-order valence-corrected chi connectivity index (χ1v) is 6.85. The lowest BCUT2D eigenvalue weighted by Crippen LogP contribution is -2.11. The smallest absolute Gasteiger partial charge is 0.296 e. The zero-order valence-corrected chi connectivity index (χ0v) is 12.2. The highest BCUT2D eigenvalue weighted by Crippen LogP contribution is 2.35. The molecule has 0 bridgehead atoms. The van der Waals surface area contributed by atoms with E-state index in [0.29, 0.717) is 0 Å². The number of thiazole rings is 1. The summed E-state index contributed by atoms with van der Waals surface area (Å²) in [5.41, 5.74) is -1.81. The van der Waals surface area contributed by atoms with Gasteiger partial charge in [0.15, 0.2) is 5.71 Å². The molecule has 0 aliphatic carbocycles. The van der Waals surface area contributed by atoms with E-state index in [4.69, 9.17) is 27.7 Å². The van der Waals surface area contributed by atoms with Crippen LogP contribution in [0.1, 0.15) is 11.3 Å². The van der Waals surface area contributed by atoms with E-state index in [1.54, 1.807) is 0 Å². The van der Waals surface area contributed by atoms with Gasteiger partial charge in [-0.3, -0.25) is 10.8 Å². The molecule has 0 unspecified atom stereocenters. The molecule has 112 valence electrons. The van der Waals surface area contributed by atoms with Crippen molar-refractivity contribution in [2.75, 3.05) is 0 Å². The average molecular weight is 343 g/mol. The second kappa shape index (κ2) is 5.87. The van der Waals surface area contributed by atoms with Crippen LogP contribution in [0.2, 0.25) is 4.34 Å². The molecule has 0 atom stereocenters. The Hall–Kier alpha value is -2.24. The molecular formula is C13H6ClF3N4S. The monoisotopic (exact) mass is 342 g/mol. The molecule has 0 aliphatic rings. The molecule has 0 saturated carbocycles. The number of nitrogens with zero attached hydrogens (tertiary/aromatic N) is 2. The van der Waals surface area contributed by atoms with Crippen LogP contribution in [0.25, 0.3) is 10.6 Å². The summed E-state index contributed by atoms with van der Waals surface area (Å²) < 4.78 is 38.2. The van der Waals surface area contributed by atoms with E-state index in [9.17, 15) is 13.2 Å². The number of rotatable bonds is 3. The normalized spacial score (nSPS) is 11.0. The standard InChI is InChI=1S/C13H6ClF3N4S/c14-11-10(9(20)8(19)5-18)21-12(22-11)6-2-1-3-7(4-6)13(15,16)17/h1-4,19-20H. The average Bonchev–Trinajstić information content (AvgIpc) is 2.87. The second-order valence-corrected chi connectivity index (χ2v) is 5.68. The highest BCUT2D eigenvalue weighted by Gasteiger charge is 2.30. The molecule has 0 radical (unpaired) electrons. The number of benzene rings is 1. The zero-order valence-electron chi connectivity index (χ0n) is 10.6. The van der Waals surface area contributed by atoms with Crippen LogP contribution in [-0.2, 0) is 6.18 Å². The minimum Gasteiger partial charge on any atom is -0.296 e. The summed E-state index contributed by atoms with van der Waals surface area (Å²) in [5.74, 6) is 0. The summed E-state index contributed by atoms with van der Waals surface area (Å²) in [6.07, 6.45) is -4.48. The first-order chi connectivity index (χ1) is 10.2. The number of aromatic nitrogens is 1. The summed E-state index contributed by atoms with van der Waals surface area (Å²) >= 11 is 6.79. The summed E-state index contributed by atoms with van der Waals surface area (Å²) in [7, 11) is 0. The van der Waals surface area contributed by atoms with Crippen molar-refractivity contribution in [3.05, 3.63) is 39.9 Å². The van der Waals surface area contributed by atoms with Crippen molar-refractivity contribution < 1.29 is 13.2 Å². The van der Waals surface area contributed by atoms with Crippen molar-refractivity contribution in [2.45, 2.75) is 6.18 Å². The van der Waals surface area contributed by atoms with E-state index >= 15 is 0 Å². The third kappa shape index (κ3) is 3.16. The van der Waals surface area contributed by atoms with E-state index in [1.165, 1.54) is 18.2 Å². The molecule has 9 heteroatoms. The van der Waals surface area contributed by atoms with Gasteiger partial charge in [0, 0.05) is 5.56 Å². The molecule has 2 N–H and O–H groups in total. The SMILES string of the molecule is N#CC(=N)C(=N)c1nc(-c2cccc(C(F)(F)F)c2)sc1Cl. The van der Waals surface area contributed by atoms with Gasteiger partial charge in [-0.25, -0.2) is 4.98 Å². The number of alkyl halides is 3. The Bertz CT molecular complexity index is 804. The van der Waals surface area contributed by atoms with Crippen LogP contribution in [-0.4, -0.2) is 16.4 Å². The molecule has 1 aromatic carbocycles. The number of hydrogen-bond donors (Lipinski definition) is 2. The van der Waals surface area contributed by atoms with E-state index < -0.39 is 23.2 Å². The fourth-order valence-electron chi connectivity index (χ4n) is 1.58. The molecule has 1 heterocycles. The lowest BCUT2D eigenvalue weighted by Gasteiger charge is -2.07. The molecule has 2 aromatic rings. The highest BCUT2D eigenvalue weighted by atomic mass is 35.5. The minimum absolute atomic E-state index is 0.0393. The largest absolute Gasteiger partial charge is 0.416 e. The Labute approximate surface area is 131 Å². The second-order valence-electron chi connectivity index (χ2n) is 4.08. The Morgan fingerprint density at radius 3 is 2.59 bits per heavy atom. The maximum atomic E-state index is 12.7. The van der Waals surface area contributed by atoms with Crippen LogP contribution in [0.15, 0.2) is 24.3 Å². The summed E-state index contributed by atoms with van der Waals surface area (Å²) in [6, 6.07) is 6.03. The van der Waals surface area contributed by atoms with Crippen LogP contribution in [0.5, 0.6) is 0 Å². The topological polar surface area (TPSA) is 84.4 Å². The van der Waals surface area contributed by atoms with Gasteiger partial charge in [-0.1, -0.05) is 23.7 Å². The van der Waals surface area contributed by atoms with E-state index in [1.807, 2.05) is 0 Å². The van der Waals surface area contributed by atoms with Gasteiger partial charge in [0.05, 0.1) is 5.56 Å². The van der Waals surface area contributed by atoms with Crippen molar-refractivity contribution in [1.82, 2.24) is 4.98 Å². The predicted molar refractivity (Wildman–Crippen MR) is 77.7 cm³/mol. The van der Waals surface area contributed by atoms with Crippen LogP contribution in [0, 0.1) is 22.1 Å². The summed E-state index contributed by atoms with van der Waals surface area (Å²) in [6.45, 7) is 0. The van der Waals surface area contributed by atoms with E-state index in [0.717, 1.165) is 23.5 Å². The van der Waals surface area contributed by atoms with Gasteiger partial charge in [-0.2, -0.15) is 18.4 Å². The number of nitriles is 1. The maximum absolute atomic E-state index is 12.7. The van der Waals surface area contributed by atoms with Gasteiger partial charge in [0.25, 0.3) is 0 Å². The van der Waals surface area contributed by atoms with Gasteiger partial charge < -0.3 is 0 Å². The van der Waals surface area contributed by atoms with Crippen molar-refractivity contribution in [3.8, 4) is 16.6 Å². The Morgan fingerprint density at radius 2 is 2.00 bits per heavy atom. The molecule has 0 amide bonds. The predicted octanol–water partition coefficient (Wildman–Crippen LogP) is 4.39. The van der Waals surface area contributed by atoms with Crippen molar-refractivity contribution in [3.63, 3.8) is 0 Å². The highest BCUT2D eigenvalue weighted by molar-refractivity contribution is 7.19. The van der Waals surface area contributed by atoms with Gasteiger partial charge in [-0.15, -0.1) is 11.3 Å². The third-order valence-electron chi connectivity index (χ3n) is 2.62. The maximum Gasteiger partial charge on any atom is 0.416 e. The lowest BCUT2D eigenvalue weighted by molar-refractivity contribution is -0.137. The molecule has 0 saturated heterocycles. The van der Waals surface area contributed by atoms with E-state index in [2.05, 4.69) is 4.98 Å². The van der Waals surface area contributed by atoms with Gasteiger partial charge in [0.1, 0.15) is 26.8 Å². The summed E-state index contributed by atoms with van der Waals surface area (Å²) in [5, 5.41) is 23.7. The molecule has 1 aromatic heterocycles. The molecule has 0 aliphatic heterocycles. The van der Waals surface area contributed by atoms with Crippen LogP contribution >= 0.6 is 22.9 Å². The number of nitrogens with one attached hydrogen (secondary N) is 2. The number of hydrogen-bond acceptors (Lipinski definition) is 5. The van der Waals surface area contributed by atoms with Gasteiger partial charge >= 0.3 is 6.18 Å². The van der Waals surface area contributed by atoms with E-state index in [-0.39, 0.29) is 20.6 Å². The lowest BCUT2D eigenvalue weighted by atomic mass is 10.1. The third-order valence-corrected chi connectivity index (χ3v) is 3.92. The Balaban J connectivity index is 2.46. The van der Waals surface area contributed by atoms with Crippen LogP contribution < -0.4 is 0 Å². The first kappa shape index (κ1) is 16.1.